The summed E-state index contributed by atoms with van der Waals surface area (Å²) in [5.41, 5.74) is 2.44. The fraction of sp³-hybridized carbons (Fsp3) is 0.381. The molecular weight excluding hydrogens is 380 g/mol. The van der Waals surface area contributed by atoms with E-state index in [-0.39, 0.29) is 12.0 Å². The smallest absolute Gasteiger partial charge is 0.246 e. The van der Waals surface area contributed by atoms with Crippen LogP contribution in [0.3, 0.4) is 0 Å². The number of anilines is 2. The molecule has 0 aliphatic carbocycles. The highest BCUT2D eigenvalue weighted by atomic mass is 35.5. The quantitative estimate of drug-likeness (QED) is 0.710. The third-order valence-corrected chi connectivity index (χ3v) is 4.78. The van der Waals surface area contributed by atoms with E-state index in [9.17, 15) is 4.79 Å². The highest BCUT2D eigenvalue weighted by molar-refractivity contribution is 6.32. The van der Waals surface area contributed by atoms with E-state index in [0.717, 1.165) is 23.4 Å². The summed E-state index contributed by atoms with van der Waals surface area (Å²) < 4.78 is 16.7. The molecule has 0 radical (unpaired) electrons. The van der Waals surface area contributed by atoms with Gasteiger partial charge in [-0.3, -0.25) is 4.79 Å². The van der Waals surface area contributed by atoms with Crippen LogP contribution in [0.25, 0.3) is 0 Å². The van der Waals surface area contributed by atoms with Crippen LogP contribution < -0.4 is 24.8 Å². The number of rotatable bonds is 7. The second-order valence-corrected chi connectivity index (χ2v) is 7.13. The van der Waals surface area contributed by atoms with Gasteiger partial charge in [0.05, 0.1) is 24.4 Å². The zero-order valence-electron chi connectivity index (χ0n) is 16.5. The van der Waals surface area contributed by atoms with Gasteiger partial charge in [-0.2, -0.15) is 0 Å². The summed E-state index contributed by atoms with van der Waals surface area (Å²) in [7, 11) is 1.54. The average Bonchev–Trinajstić information content (AvgIpc) is 3.01. The van der Waals surface area contributed by atoms with Crippen LogP contribution in [0.4, 0.5) is 11.4 Å². The van der Waals surface area contributed by atoms with E-state index in [1.54, 1.807) is 32.2 Å². The van der Waals surface area contributed by atoms with E-state index in [4.69, 9.17) is 25.8 Å². The van der Waals surface area contributed by atoms with Crippen LogP contribution in [0.2, 0.25) is 5.02 Å². The van der Waals surface area contributed by atoms with Gasteiger partial charge < -0.3 is 24.8 Å². The lowest BCUT2D eigenvalue weighted by Crippen LogP contribution is -2.32. The maximum absolute atomic E-state index is 12.6. The monoisotopic (exact) mass is 404 g/mol. The van der Waals surface area contributed by atoms with Crippen molar-refractivity contribution >= 4 is 28.9 Å². The van der Waals surface area contributed by atoms with E-state index in [0.29, 0.717) is 28.8 Å². The summed E-state index contributed by atoms with van der Waals surface area (Å²) in [4.78, 5) is 12.6. The van der Waals surface area contributed by atoms with Gasteiger partial charge in [0, 0.05) is 23.7 Å². The van der Waals surface area contributed by atoms with Gasteiger partial charge in [0.15, 0.2) is 0 Å². The van der Waals surface area contributed by atoms with E-state index >= 15 is 0 Å². The molecule has 1 heterocycles. The van der Waals surface area contributed by atoms with Crippen molar-refractivity contribution in [3.8, 4) is 17.2 Å². The Morgan fingerprint density at radius 1 is 1.32 bits per heavy atom. The fourth-order valence-electron chi connectivity index (χ4n) is 3.12. The standard InChI is InChI=1S/C21H25ClN2O4/c1-5-27-20-9-14-8-12(2)28-19(14)11-17(20)23-13(3)21(25)24-15-6-7-18(26-4)16(22)10-15/h6-7,9-13,23H,5,8H2,1-4H3,(H,24,25)/t12-,13-/m0/s1. The molecule has 0 bridgehead atoms. The van der Waals surface area contributed by atoms with Crippen molar-refractivity contribution in [1.29, 1.82) is 0 Å². The van der Waals surface area contributed by atoms with Crippen molar-refractivity contribution in [2.75, 3.05) is 24.4 Å². The molecule has 28 heavy (non-hydrogen) atoms. The van der Waals surface area contributed by atoms with Crippen LogP contribution in [0.5, 0.6) is 17.2 Å². The van der Waals surface area contributed by atoms with Crippen LogP contribution in [-0.4, -0.2) is 31.8 Å². The summed E-state index contributed by atoms with van der Waals surface area (Å²) in [6, 6.07) is 8.49. The molecule has 1 amide bonds. The minimum atomic E-state index is -0.503. The molecule has 6 nitrogen and oxygen atoms in total. The van der Waals surface area contributed by atoms with E-state index in [1.807, 2.05) is 26.0 Å². The van der Waals surface area contributed by atoms with Crippen molar-refractivity contribution in [2.45, 2.75) is 39.3 Å². The van der Waals surface area contributed by atoms with Crippen molar-refractivity contribution in [3.63, 3.8) is 0 Å². The highest BCUT2D eigenvalue weighted by Gasteiger charge is 2.23. The third kappa shape index (κ3) is 4.44. The maximum Gasteiger partial charge on any atom is 0.246 e. The van der Waals surface area contributed by atoms with Gasteiger partial charge in [-0.05, 0) is 45.0 Å². The molecule has 150 valence electrons. The second-order valence-electron chi connectivity index (χ2n) is 6.73. The minimum absolute atomic E-state index is 0.139. The molecule has 3 rings (SSSR count). The topological polar surface area (TPSA) is 68.8 Å². The number of halogens is 1. The fourth-order valence-corrected chi connectivity index (χ4v) is 3.38. The normalized spacial score (nSPS) is 16.0. The first-order chi connectivity index (χ1) is 13.4. The Hall–Kier alpha value is -2.60. The molecule has 2 aromatic rings. The molecule has 2 N–H and O–H groups in total. The molecule has 2 aromatic carbocycles. The van der Waals surface area contributed by atoms with Gasteiger partial charge in [-0.1, -0.05) is 11.6 Å². The number of fused-ring (bicyclic) bond motifs is 1. The molecule has 0 unspecified atom stereocenters. The number of nitrogens with one attached hydrogen (secondary N) is 2. The van der Waals surface area contributed by atoms with E-state index in [2.05, 4.69) is 10.6 Å². The number of ether oxygens (including phenoxy) is 3. The summed E-state index contributed by atoms with van der Waals surface area (Å²) in [6.07, 6.45) is 0.990. The first-order valence-electron chi connectivity index (χ1n) is 9.28. The second kappa shape index (κ2) is 8.61. The van der Waals surface area contributed by atoms with Gasteiger partial charge >= 0.3 is 0 Å². The predicted octanol–water partition coefficient (Wildman–Crippen LogP) is 4.51. The largest absolute Gasteiger partial charge is 0.495 e. The summed E-state index contributed by atoms with van der Waals surface area (Å²) in [6.45, 7) is 6.28. The van der Waals surface area contributed by atoms with Crippen molar-refractivity contribution in [1.82, 2.24) is 0 Å². The Balaban J connectivity index is 1.73. The summed E-state index contributed by atoms with van der Waals surface area (Å²) >= 11 is 6.12. The van der Waals surface area contributed by atoms with Crippen molar-refractivity contribution in [2.24, 2.45) is 0 Å². The zero-order valence-corrected chi connectivity index (χ0v) is 17.2. The van der Waals surface area contributed by atoms with Crippen LogP contribution >= 0.6 is 11.6 Å². The lowest BCUT2D eigenvalue weighted by molar-refractivity contribution is -0.116. The molecule has 1 aliphatic rings. The average molecular weight is 405 g/mol. The van der Waals surface area contributed by atoms with Crippen LogP contribution in [-0.2, 0) is 11.2 Å². The molecule has 0 saturated heterocycles. The third-order valence-electron chi connectivity index (χ3n) is 4.48. The number of amides is 1. The van der Waals surface area contributed by atoms with Crippen LogP contribution in [0.1, 0.15) is 26.3 Å². The van der Waals surface area contributed by atoms with Crippen LogP contribution in [0.15, 0.2) is 30.3 Å². The number of hydrogen-bond donors (Lipinski definition) is 2. The minimum Gasteiger partial charge on any atom is -0.495 e. The van der Waals surface area contributed by atoms with Crippen LogP contribution in [0, 0.1) is 0 Å². The molecule has 0 spiro atoms. The van der Waals surface area contributed by atoms with Gasteiger partial charge in [-0.25, -0.2) is 0 Å². The summed E-state index contributed by atoms with van der Waals surface area (Å²) in [5.74, 6) is 1.90. The number of benzene rings is 2. The van der Waals surface area contributed by atoms with Crippen molar-refractivity contribution in [3.05, 3.63) is 40.9 Å². The number of methoxy groups -OCH3 is 1. The van der Waals surface area contributed by atoms with Gasteiger partial charge in [0.1, 0.15) is 29.4 Å². The van der Waals surface area contributed by atoms with Gasteiger partial charge in [0.2, 0.25) is 5.91 Å². The molecule has 2 atom stereocenters. The Morgan fingerprint density at radius 3 is 2.79 bits per heavy atom. The van der Waals surface area contributed by atoms with E-state index < -0.39 is 6.04 Å². The molecular formula is C21H25ClN2O4. The zero-order chi connectivity index (χ0) is 20.3. The SMILES string of the molecule is CCOc1cc2c(cc1N[C@@H](C)C(=O)Nc1ccc(OC)c(Cl)c1)O[C@@H](C)C2. The number of hydrogen-bond acceptors (Lipinski definition) is 5. The van der Waals surface area contributed by atoms with E-state index in [1.165, 1.54) is 0 Å². The lowest BCUT2D eigenvalue weighted by atomic mass is 10.1. The lowest BCUT2D eigenvalue weighted by Gasteiger charge is -2.19. The first-order valence-corrected chi connectivity index (χ1v) is 9.66. The Bertz CT molecular complexity index is 872. The predicted molar refractivity (Wildman–Crippen MR) is 111 cm³/mol. The molecule has 0 aromatic heterocycles. The Morgan fingerprint density at radius 2 is 2.11 bits per heavy atom. The molecule has 0 fully saturated rings. The molecule has 0 saturated carbocycles. The van der Waals surface area contributed by atoms with Crippen molar-refractivity contribution < 1.29 is 19.0 Å². The number of carbonyl (C=O) groups is 1. The molecule has 1 aliphatic heterocycles. The molecule has 7 heteroatoms. The first kappa shape index (κ1) is 20.1. The number of carbonyl (C=O) groups excluding carboxylic acids is 1. The maximum atomic E-state index is 12.6. The van der Waals surface area contributed by atoms with Gasteiger partial charge in [-0.15, -0.1) is 0 Å². The Kier molecular flexibility index (Phi) is 6.19. The highest BCUT2D eigenvalue weighted by Crippen LogP contribution is 2.38. The summed E-state index contributed by atoms with van der Waals surface area (Å²) in [5, 5.41) is 6.51. The Labute approximate surface area is 170 Å². The van der Waals surface area contributed by atoms with Gasteiger partial charge in [0.25, 0.3) is 0 Å².